The number of rotatable bonds is 4. The van der Waals surface area contributed by atoms with Crippen molar-refractivity contribution in [3.63, 3.8) is 0 Å². The van der Waals surface area contributed by atoms with Gasteiger partial charge in [0, 0.05) is 6.04 Å². The van der Waals surface area contributed by atoms with Crippen molar-refractivity contribution in [2.24, 2.45) is 10.7 Å². The lowest BCUT2D eigenvalue weighted by Gasteiger charge is -2.12. The van der Waals surface area contributed by atoms with Gasteiger partial charge in [0.2, 0.25) is 0 Å². The number of nitrogens with zero attached hydrogens (tertiary/aromatic N) is 1. The van der Waals surface area contributed by atoms with Crippen LogP contribution in [0.4, 0.5) is 0 Å². The second-order valence-corrected chi connectivity index (χ2v) is 3.58. The molecule has 1 aliphatic carbocycles. The Morgan fingerprint density at radius 2 is 2.33 bits per heavy atom. The molecule has 3 nitrogen and oxygen atoms in total. The summed E-state index contributed by atoms with van der Waals surface area (Å²) in [6.45, 7) is 4.31. The molecule has 0 aliphatic heterocycles. The Balaban J connectivity index is 2.19. The summed E-state index contributed by atoms with van der Waals surface area (Å²) in [5, 5.41) is 3.18. The summed E-state index contributed by atoms with van der Waals surface area (Å²) in [5.41, 5.74) is 5.68. The van der Waals surface area contributed by atoms with E-state index in [-0.39, 0.29) is 0 Å². The van der Waals surface area contributed by atoms with Crippen molar-refractivity contribution in [2.45, 2.75) is 51.6 Å². The molecular weight excluding hydrogens is 150 g/mol. The molecule has 1 aliphatic rings. The number of guanidine groups is 1. The number of hydrogen-bond acceptors (Lipinski definition) is 1. The number of nitrogens with two attached hydrogens (primary N) is 1. The van der Waals surface area contributed by atoms with Gasteiger partial charge in [0.25, 0.3) is 0 Å². The minimum Gasteiger partial charge on any atom is -0.370 e. The zero-order chi connectivity index (χ0) is 8.97. The van der Waals surface area contributed by atoms with Crippen LogP contribution in [-0.4, -0.2) is 18.0 Å². The fraction of sp³-hybridized carbons (Fsp3) is 0.889. The van der Waals surface area contributed by atoms with E-state index < -0.39 is 0 Å². The summed E-state index contributed by atoms with van der Waals surface area (Å²) in [6, 6.07) is 0.976. The SMILES string of the molecule is CCCC(C)NC(N)=NC1CC1. The molecule has 3 heteroatoms. The molecule has 1 rings (SSSR count). The van der Waals surface area contributed by atoms with Gasteiger partial charge < -0.3 is 11.1 Å². The third-order valence-corrected chi connectivity index (χ3v) is 1.98. The first-order valence-electron chi connectivity index (χ1n) is 4.82. The van der Waals surface area contributed by atoms with Gasteiger partial charge in [-0.3, -0.25) is 4.99 Å². The van der Waals surface area contributed by atoms with Crippen LogP contribution in [0.1, 0.15) is 39.5 Å². The maximum absolute atomic E-state index is 5.68. The first-order chi connectivity index (χ1) is 5.72. The molecule has 0 saturated heterocycles. The lowest BCUT2D eigenvalue weighted by molar-refractivity contribution is 0.592. The zero-order valence-electron chi connectivity index (χ0n) is 8.01. The molecule has 70 valence electrons. The summed E-state index contributed by atoms with van der Waals surface area (Å²) in [5.74, 6) is 0.624. The zero-order valence-corrected chi connectivity index (χ0v) is 8.01. The van der Waals surface area contributed by atoms with E-state index in [9.17, 15) is 0 Å². The van der Waals surface area contributed by atoms with Crippen LogP contribution in [0.5, 0.6) is 0 Å². The number of aliphatic imine (C=N–C) groups is 1. The monoisotopic (exact) mass is 169 g/mol. The number of nitrogens with one attached hydrogen (secondary N) is 1. The van der Waals surface area contributed by atoms with Crippen LogP contribution in [0.25, 0.3) is 0 Å². The van der Waals surface area contributed by atoms with Crippen LogP contribution < -0.4 is 11.1 Å². The molecule has 3 N–H and O–H groups in total. The van der Waals surface area contributed by atoms with Gasteiger partial charge in [0.15, 0.2) is 5.96 Å². The van der Waals surface area contributed by atoms with Gasteiger partial charge in [-0.25, -0.2) is 0 Å². The summed E-state index contributed by atoms with van der Waals surface area (Å²) in [6.07, 6.45) is 4.76. The average Bonchev–Trinajstić information content (AvgIpc) is 2.71. The molecule has 0 bridgehead atoms. The largest absolute Gasteiger partial charge is 0.370 e. The minimum absolute atomic E-state index is 0.456. The van der Waals surface area contributed by atoms with Gasteiger partial charge in [-0.05, 0) is 26.2 Å². The lowest BCUT2D eigenvalue weighted by Crippen LogP contribution is -2.38. The summed E-state index contributed by atoms with van der Waals surface area (Å²) in [7, 11) is 0. The Morgan fingerprint density at radius 3 is 2.83 bits per heavy atom. The topological polar surface area (TPSA) is 50.4 Å². The van der Waals surface area contributed by atoms with E-state index in [2.05, 4.69) is 24.2 Å². The van der Waals surface area contributed by atoms with Crippen LogP contribution in [0.3, 0.4) is 0 Å². The highest BCUT2D eigenvalue weighted by Crippen LogP contribution is 2.22. The molecule has 0 radical (unpaired) electrons. The fourth-order valence-electron chi connectivity index (χ4n) is 1.20. The molecule has 1 unspecified atom stereocenters. The van der Waals surface area contributed by atoms with E-state index in [1.54, 1.807) is 0 Å². The van der Waals surface area contributed by atoms with Gasteiger partial charge >= 0.3 is 0 Å². The van der Waals surface area contributed by atoms with Crippen LogP contribution in [0.2, 0.25) is 0 Å². The van der Waals surface area contributed by atoms with Gasteiger partial charge in [0.05, 0.1) is 6.04 Å². The highest BCUT2D eigenvalue weighted by Gasteiger charge is 2.20. The Hall–Kier alpha value is -0.730. The predicted octanol–water partition coefficient (Wildman–Crippen LogP) is 1.24. The van der Waals surface area contributed by atoms with Crippen LogP contribution in [-0.2, 0) is 0 Å². The molecule has 12 heavy (non-hydrogen) atoms. The third kappa shape index (κ3) is 3.60. The third-order valence-electron chi connectivity index (χ3n) is 1.98. The molecule has 0 spiro atoms. The van der Waals surface area contributed by atoms with Crippen molar-refractivity contribution in [2.75, 3.05) is 0 Å². The Kier molecular flexibility index (Phi) is 3.38. The van der Waals surface area contributed by atoms with E-state index in [0.717, 1.165) is 6.42 Å². The average molecular weight is 169 g/mol. The molecule has 0 aromatic rings. The maximum atomic E-state index is 5.68. The van der Waals surface area contributed by atoms with Crippen molar-refractivity contribution in [1.29, 1.82) is 0 Å². The van der Waals surface area contributed by atoms with Gasteiger partial charge in [0.1, 0.15) is 0 Å². The fourth-order valence-corrected chi connectivity index (χ4v) is 1.20. The van der Waals surface area contributed by atoms with Crippen LogP contribution in [0.15, 0.2) is 4.99 Å². The molecule has 1 saturated carbocycles. The van der Waals surface area contributed by atoms with E-state index >= 15 is 0 Å². The molecule has 0 aromatic carbocycles. The van der Waals surface area contributed by atoms with Crippen LogP contribution in [0, 0.1) is 0 Å². The van der Waals surface area contributed by atoms with Gasteiger partial charge in [-0.1, -0.05) is 13.3 Å². The van der Waals surface area contributed by atoms with E-state index in [1.807, 2.05) is 0 Å². The van der Waals surface area contributed by atoms with Crippen molar-refractivity contribution in [1.82, 2.24) is 5.32 Å². The highest BCUT2D eigenvalue weighted by molar-refractivity contribution is 5.78. The summed E-state index contributed by atoms with van der Waals surface area (Å²) in [4.78, 5) is 4.29. The van der Waals surface area contributed by atoms with Crippen molar-refractivity contribution in [3.8, 4) is 0 Å². The molecular formula is C9H19N3. The Morgan fingerprint density at radius 1 is 1.67 bits per heavy atom. The first-order valence-corrected chi connectivity index (χ1v) is 4.82. The van der Waals surface area contributed by atoms with Crippen molar-refractivity contribution >= 4 is 5.96 Å². The normalized spacial score (nSPS) is 20.7. The van der Waals surface area contributed by atoms with E-state index in [0.29, 0.717) is 18.0 Å². The summed E-state index contributed by atoms with van der Waals surface area (Å²) < 4.78 is 0. The Labute approximate surface area is 74.4 Å². The molecule has 0 amide bonds. The van der Waals surface area contributed by atoms with E-state index in [1.165, 1.54) is 19.3 Å². The standard InChI is InChI=1S/C9H19N3/c1-3-4-7(2)11-9(10)12-8-5-6-8/h7-8H,3-6H2,1-2H3,(H3,10,11,12). The van der Waals surface area contributed by atoms with Crippen molar-refractivity contribution in [3.05, 3.63) is 0 Å². The van der Waals surface area contributed by atoms with Gasteiger partial charge in [-0.2, -0.15) is 0 Å². The molecule has 1 fully saturated rings. The first kappa shape index (κ1) is 9.36. The summed E-state index contributed by atoms with van der Waals surface area (Å²) >= 11 is 0. The van der Waals surface area contributed by atoms with Crippen molar-refractivity contribution < 1.29 is 0 Å². The van der Waals surface area contributed by atoms with Gasteiger partial charge in [-0.15, -0.1) is 0 Å². The predicted molar refractivity (Wildman–Crippen MR) is 52.2 cm³/mol. The molecule has 0 aromatic heterocycles. The smallest absolute Gasteiger partial charge is 0.189 e. The molecule has 0 heterocycles. The van der Waals surface area contributed by atoms with E-state index in [4.69, 9.17) is 5.73 Å². The van der Waals surface area contributed by atoms with Crippen LogP contribution >= 0.6 is 0 Å². The highest BCUT2D eigenvalue weighted by atomic mass is 15.1. The quantitative estimate of drug-likeness (QED) is 0.491. The lowest BCUT2D eigenvalue weighted by atomic mass is 10.2. The maximum Gasteiger partial charge on any atom is 0.189 e. The number of hydrogen-bond donors (Lipinski definition) is 2. The second-order valence-electron chi connectivity index (χ2n) is 3.58. The second kappa shape index (κ2) is 4.33. The minimum atomic E-state index is 0.456. The molecule has 1 atom stereocenters. The Bertz CT molecular complexity index is 161.